The van der Waals surface area contributed by atoms with Gasteiger partial charge < -0.3 is 15.0 Å². The second kappa shape index (κ2) is 10.3. The molecular weight excluding hydrogens is 440 g/mol. The quantitative estimate of drug-likeness (QED) is 0.396. The Kier molecular flexibility index (Phi) is 6.61. The third-order valence-corrected chi connectivity index (χ3v) is 5.95. The van der Waals surface area contributed by atoms with E-state index in [9.17, 15) is 4.79 Å². The van der Waals surface area contributed by atoms with Crippen LogP contribution >= 0.6 is 0 Å². The zero-order chi connectivity index (χ0) is 24.0. The zero-order valence-corrected chi connectivity index (χ0v) is 19.4. The maximum atomic E-state index is 13.9. The molecule has 0 unspecified atom stereocenters. The molecule has 1 aliphatic rings. The molecule has 176 valence electrons. The van der Waals surface area contributed by atoms with Gasteiger partial charge in [-0.15, -0.1) is 0 Å². The van der Waals surface area contributed by atoms with E-state index in [1.165, 1.54) is 0 Å². The predicted octanol–water partition coefficient (Wildman–Crippen LogP) is 4.16. The van der Waals surface area contributed by atoms with E-state index in [0.717, 1.165) is 29.5 Å². The van der Waals surface area contributed by atoms with Gasteiger partial charge in [-0.3, -0.25) is 9.78 Å². The van der Waals surface area contributed by atoms with Crippen LogP contribution in [-0.4, -0.2) is 45.0 Å². The molecule has 0 spiro atoms. The average molecular weight is 467 g/mol. The summed E-state index contributed by atoms with van der Waals surface area (Å²) in [5.74, 6) is 0.741. The molecule has 1 atom stereocenters. The second-order valence-electron chi connectivity index (χ2n) is 8.40. The molecule has 1 aliphatic carbocycles. The van der Waals surface area contributed by atoms with E-state index in [2.05, 4.69) is 30.2 Å². The highest BCUT2D eigenvalue weighted by molar-refractivity contribution is 5.98. The molecule has 5 rings (SSSR count). The molecule has 8 heteroatoms. The number of pyridine rings is 2. The minimum Gasteiger partial charge on any atom is -0.480 e. The van der Waals surface area contributed by atoms with Gasteiger partial charge in [-0.1, -0.05) is 30.3 Å². The summed E-state index contributed by atoms with van der Waals surface area (Å²) in [4.78, 5) is 33.4. The fraction of sp³-hybridized carbons (Fsp3) is 0.222. The van der Waals surface area contributed by atoms with Gasteiger partial charge in [-0.2, -0.15) is 0 Å². The van der Waals surface area contributed by atoms with Crippen LogP contribution in [0.3, 0.4) is 0 Å². The maximum Gasteiger partial charge on any atom is 0.247 e. The van der Waals surface area contributed by atoms with E-state index in [1.807, 2.05) is 48.5 Å². The lowest BCUT2D eigenvalue weighted by atomic mass is 10.0. The van der Waals surface area contributed by atoms with Gasteiger partial charge in [0.25, 0.3) is 0 Å². The number of carbonyl (C=O) groups excluding carboxylic acids is 1. The zero-order valence-electron chi connectivity index (χ0n) is 19.4. The van der Waals surface area contributed by atoms with Crippen LogP contribution in [0.5, 0.6) is 5.88 Å². The standard InChI is InChI=1S/C27H26N6O2/c1-35-26-23(17-21(18-31-26)20-10-14-28-15-11-20)32-25(34)24(16-19-6-3-2-4-7-19)33(22-8-9-22)27-29-12-5-13-30-27/h2-7,10-15,17-18,22,24H,8-9,16H2,1H3,(H,32,34)/t24-/m0/s1. The molecule has 3 heterocycles. The number of aromatic nitrogens is 4. The Morgan fingerprint density at radius 3 is 2.43 bits per heavy atom. The van der Waals surface area contributed by atoms with Crippen LogP contribution in [0.4, 0.5) is 11.6 Å². The fourth-order valence-corrected chi connectivity index (χ4v) is 4.11. The first-order chi connectivity index (χ1) is 17.2. The summed E-state index contributed by atoms with van der Waals surface area (Å²) >= 11 is 0. The van der Waals surface area contributed by atoms with Gasteiger partial charge in [0.2, 0.25) is 17.7 Å². The summed E-state index contributed by atoms with van der Waals surface area (Å²) in [6.07, 6.45) is 11.1. The first-order valence-corrected chi connectivity index (χ1v) is 11.6. The predicted molar refractivity (Wildman–Crippen MR) is 134 cm³/mol. The Bertz CT molecular complexity index is 1270. The van der Waals surface area contributed by atoms with Crippen molar-refractivity contribution in [2.75, 3.05) is 17.3 Å². The van der Waals surface area contributed by atoms with Gasteiger partial charge in [-0.05, 0) is 48.2 Å². The highest BCUT2D eigenvalue weighted by Gasteiger charge is 2.39. The topological polar surface area (TPSA) is 93.1 Å². The number of rotatable bonds is 9. The largest absolute Gasteiger partial charge is 0.480 e. The van der Waals surface area contributed by atoms with Crippen molar-refractivity contribution in [3.8, 4) is 17.0 Å². The molecule has 4 aromatic rings. The average Bonchev–Trinajstić information content (AvgIpc) is 3.75. The number of nitrogens with one attached hydrogen (secondary N) is 1. The van der Waals surface area contributed by atoms with Crippen molar-refractivity contribution >= 4 is 17.5 Å². The molecule has 0 radical (unpaired) electrons. The van der Waals surface area contributed by atoms with Gasteiger partial charge in [0.15, 0.2) is 0 Å². The Morgan fingerprint density at radius 1 is 1.00 bits per heavy atom. The number of hydrogen-bond acceptors (Lipinski definition) is 7. The van der Waals surface area contributed by atoms with E-state index in [-0.39, 0.29) is 11.9 Å². The highest BCUT2D eigenvalue weighted by Crippen LogP contribution is 2.34. The smallest absolute Gasteiger partial charge is 0.247 e. The van der Waals surface area contributed by atoms with Crippen molar-refractivity contribution in [3.05, 3.63) is 91.1 Å². The van der Waals surface area contributed by atoms with Crippen molar-refractivity contribution in [2.45, 2.75) is 31.3 Å². The minimum atomic E-state index is -0.512. The number of amides is 1. The molecule has 1 saturated carbocycles. The molecule has 0 saturated heterocycles. The third kappa shape index (κ3) is 5.27. The van der Waals surface area contributed by atoms with Crippen LogP contribution in [-0.2, 0) is 11.2 Å². The Morgan fingerprint density at radius 2 is 1.74 bits per heavy atom. The molecule has 8 nitrogen and oxygen atoms in total. The number of anilines is 2. The monoisotopic (exact) mass is 466 g/mol. The van der Waals surface area contributed by atoms with E-state index in [4.69, 9.17) is 4.74 Å². The van der Waals surface area contributed by atoms with Crippen molar-refractivity contribution in [1.82, 2.24) is 19.9 Å². The third-order valence-electron chi connectivity index (χ3n) is 5.95. The Balaban J connectivity index is 1.49. The van der Waals surface area contributed by atoms with Crippen LogP contribution in [0, 0.1) is 0 Å². The molecular formula is C27H26N6O2. The maximum absolute atomic E-state index is 13.9. The number of nitrogens with zero attached hydrogens (tertiary/aromatic N) is 5. The van der Waals surface area contributed by atoms with Crippen LogP contribution in [0.25, 0.3) is 11.1 Å². The molecule has 1 fully saturated rings. The number of methoxy groups -OCH3 is 1. The van der Waals surface area contributed by atoms with Crippen molar-refractivity contribution in [2.24, 2.45) is 0 Å². The molecule has 0 bridgehead atoms. The normalized spacial score (nSPS) is 13.6. The van der Waals surface area contributed by atoms with Crippen LogP contribution in [0.2, 0.25) is 0 Å². The summed E-state index contributed by atoms with van der Waals surface area (Å²) in [7, 11) is 1.54. The van der Waals surface area contributed by atoms with E-state index in [0.29, 0.717) is 23.9 Å². The first kappa shape index (κ1) is 22.5. The fourth-order valence-electron chi connectivity index (χ4n) is 4.11. The molecule has 0 aliphatic heterocycles. The minimum absolute atomic E-state index is 0.166. The van der Waals surface area contributed by atoms with Crippen LogP contribution in [0.15, 0.2) is 85.6 Å². The van der Waals surface area contributed by atoms with Gasteiger partial charge in [0.1, 0.15) is 11.7 Å². The summed E-state index contributed by atoms with van der Waals surface area (Å²) in [5.41, 5.74) is 3.37. The lowest BCUT2D eigenvalue weighted by Gasteiger charge is -2.31. The highest BCUT2D eigenvalue weighted by atomic mass is 16.5. The van der Waals surface area contributed by atoms with E-state index >= 15 is 0 Å². The Hall–Kier alpha value is -4.33. The van der Waals surface area contributed by atoms with E-state index in [1.54, 1.807) is 44.2 Å². The lowest BCUT2D eigenvalue weighted by Crippen LogP contribution is -2.48. The summed E-state index contributed by atoms with van der Waals surface area (Å²) < 4.78 is 5.46. The summed E-state index contributed by atoms with van der Waals surface area (Å²) in [5, 5.41) is 3.09. The first-order valence-electron chi connectivity index (χ1n) is 11.6. The van der Waals surface area contributed by atoms with Crippen molar-refractivity contribution in [1.29, 1.82) is 0 Å². The van der Waals surface area contributed by atoms with Crippen molar-refractivity contribution < 1.29 is 9.53 Å². The molecule has 1 aromatic carbocycles. The number of carbonyl (C=O) groups is 1. The number of hydrogen-bond donors (Lipinski definition) is 1. The SMILES string of the molecule is COc1ncc(-c2ccncc2)cc1NC(=O)[C@H](Cc1ccccc1)N(c1ncccn1)C1CC1. The van der Waals surface area contributed by atoms with Crippen LogP contribution in [0.1, 0.15) is 18.4 Å². The number of ether oxygens (including phenoxy) is 1. The molecule has 1 N–H and O–H groups in total. The Labute approximate surface area is 204 Å². The summed E-state index contributed by atoms with van der Waals surface area (Å²) in [6, 6.07) is 17.2. The lowest BCUT2D eigenvalue weighted by molar-refractivity contribution is -0.117. The van der Waals surface area contributed by atoms with Gasteiger partial charge in [0.05, 0.1) is 7.11 Å². The van der Waals surface area contributed by atoms with E-state index < -0.39 is 6.04 Å². The van der Waals surface area contributed by atoms with Crippen molar-refractivity contribution in [3.63, 3.8) is 0 Å². The molecule has 1 amide bonds. The van der Waals surface area contributed by atoms with Gasteiger partial charge >= 0.3 is 0 Å². The van der Waals surface area contributed by atoms with Gasteiger partial charge in [0, 0.05) is 49.0 Å². The number of benzene rings is 1. The molecule has 3 aromatic heterocycles. The summed E-state index contributed by atoms with van der Waals surface area (Å²) in [6.45, 7) is 0. The second-order valence-corrected chi connectivity index (χ2v) is 8.40. The van der Waals surface area contributed by atoms with Crippen LogP contribution < -0.4 is 15.0 Å². The van der Waals surface area contributed by atoms with Gasteiger partial charge in [-0.25, -0.2) is 15.0 Å². The molecule has 35 heavy (non-hydrogen) atoms.